The van der Waals surface area contributed by atoms with Crippen LogP contribution in [0.4, 0.5) is 0 Å². The molecule has 2 heterocycles. The minimum atomic E-state index is -0.307. The number of halogens is 1. The average molecular weight is 272 g/mol. The van der Waals surface area contributed by atoms with Crippen molar-refractivity contribution in [2.24, 2.45) is 0 Å². The van der Waals surface area contributed by atoms with Crippen LogP contribution in [0.2, 0.25) is 0 Å². The van der Waals surface area contributed by atoms with Gasteiger partial charge < -0.3 is 14.7 Å². The average Bonchev–Trinajstić information content (AvgIpc) is 3.04. The molecule has 0 spiro atoms. The van der Waals surface area contributed by atoms with E-state index in [-0.39, 0.29) is 29.4 Å². The summed E-state index contributed by atoms with van der Waals surface area (Å²) in [5.74, 6) is 0.0484. The SMILES string of the molecule is CNC(=O)c1cc(C2CCCN2C(=O)CCl)on1. The van der Waals surface area contributed by atoms with Gasteiger partial charge in [-0.1, -0.05) is 5.16 Å². The molecule has 1 aromatic heterocycles. The lowest BCUT2D eigenvalue weighted by atomic mass is 10.1. The van der Waals surface area contributed by atoms with Crippen molar-refractivity contribution >= 4 is 23.4 Å². The van der Waals surface area contributed by atoms with Gasteiger partial charge in [-0.05, 0) is 12.8 Å². The predicted molar refractivity (Wildman–Crippen MR) is 64.3 cm³/mol. The molecule has 1 fully saturated rings. The molecular weight excluding hydrogens is 258 g/mol. The largest absolute Gasteiger partial charge is 0.358 e. The Hall–Kier alpha value is -1.56. The molecule has 1 atom stereocenters. The summed E-state index contributed by atoms with van der Waals surface area (Å²) in [4.78, 5) is 24.7. The second-order valence-corrected chi connectivity index (χ2v) is 4.34. The highest BCUT2D eigenvalue weighted by atomic mass is 35.5. The van der Waals surface area contributed by atoms with Crippen LogP contribution in [-0.2, 0) is 4.79 Å². The smallest absolute Gasteiger partial charge is 0.273 e. The fourth-order valence-electron chi connectivity index (χ4n) is 2.12. The number of carbonyl (C=O) groups is 2. The summed E-state index contributed by atoms with van der Waals surface area (Å²) in [5, 5.41) is 6.16. The number of hydrogen-bond acceptors (Lipinski definition) is 4. The standard InChI is InChI=1S/C11H14ClN3O3/c1-13-11(17)7-5-9(18-14-7)8-3-2-4-15(8)10(16)6-12/h5,8H,2-4,6H2,1H3,(H,13,17). The number of likely N-dealkylation sites (tertiary alicyclic amines) is 1. The Morgan fingerprint density at radius 3 is 3.11 bits per heavy atom. The first-order chi connectivity index (χ1) is 8.67. The fourth-order valence-corrected chi connectivity index (χ4v) is 2.27. The van der Waals surface area contributed by atoms with Crippen molar-refractivity contribution in [1.82, 2.24) is 15.4 Å². The van der Waals surface area contributed by atoms with Gasteiger partial charge in [-0.3, -0.25) is 9.59 Å². The van der Waals surface area contributed by atoms with Crippen molar-refractivity contribution in [2.75, 3.05) is 19.5 Å². The molecule has 1 unspecified atom stereocenters. The number of nitrogens with one attached hydrogen (secondary N) is 1. The first kappa shape index (κ1) is 12.9. The monoisotopic (exact) mass is 271 g/mol. The molecule has 0 saturated carbocycles. The van der Waals surface area contributed by atoms with Crippen LogP contribution in [0.25, 0.3) is 0 Å². The van der Waals surface area contributed by atoms with E-state index in [1.165, 1.54) is 7.05 Å². The minimum absolute atomic E-state index is 0.0487. The summed E-state index contributed by atoms with van der Waals surface area (Å²) >= 11 is 5.56. The Morgan fingerprint density at radius 2 is 2.44 bits per heavy atom. The van der Waals surface area contributed by atoms with E-state index in [0.717, 1.165) is 12.8 Å². The van der Waals surface area contributed by atoms with Gasteiger partial charge in [0, 0.05) is 19.7 Å². The van der Waals surface area contributed by atoms with E-state index in [9.17, 15) is 9.59 Å². The summed E-state index contributed by atoms with van der Waals surface area (Å²) in [7, 11) is 1.52. The molecule has 6 nitrogen and oxygen atoms in total. The third-order valence-corrected chi connectivity index (χ3v) is 3.23. The van der Waals surface area contributed by atoms with E-state index < -0.39 is 0 Å². The van der Waals surface area contributed by atoms with Crippen LogP contribution in [-0.4, -0.2) is 41.3 Å². The molecule has 7 heteroatoms. The van der Waals surface area contributed by atoms with E-state index >= 15 is 0 Å². The molecule has 1 aliphatic rings. The second kappa shape index (κ2) is 5.39. The highest BCUT2D eigenvalue weighted by Gasteiger charge is 2.32. The van der Waals surface area contributed by atoms with E-state index in [1.54, 1.807) is 11.0 Å². The normalized spacial score (nSPS) is 19.0. The van der Waals surface area contributed by atoms with Gasteiger partial charge in [-0.2, -0.15) is 0 Å². The van der Waals surface area contributed by atoms with Crippen LogP contribution < -0.4 is 5.32 Å². The van der Waals surface area contributed by atoms with E-state index in [4.69, 9.17) is 16.1 Å². The van der Waals surface area contributed by atoms with Crippen molar-refractivity contribution in [2.45, 2.75) is 18.9 Å². The van der Waals surface area contributed by atoms with Gasteiger partial charge in [0.25, 0.3) is 5.91 Å². The maximum absolute atomic E-state index is 11.6. The molecule has 18 heavy (non-hydrogen) atoms. The molecule has 1 saturated heterocycles. The summed E-state index contributed by atoms with van der Waals surface area (Å²) in [6, 6.07) is 1.41. The third-order valence-electron chi connectivity index (χ3n) is 3.00. The topological polar surface area (TPSA) is 75.4 Å². The van der Waals surface area contributed by atoms with Crippen LogP contribution in [0.3, 0.4) is 0 Å². The van der Waals surface area contributed by atoms with E-state index in [0.29, 0.717) is 12.3 Å². The zero-order valence-electron chi connectivity index (χ0n) is 9.98. The Labute approximate surface area is 109 Å². The molecule has 1 aliphatic heterocycles. The number of aromatic nitrogens is 1. The van der Waals surface area contributed by atoms with Crippen molar-refractivity contribution in [1.29, 1.82) is 0 Å². The van der Waals surface area contributed by atoms with Gasteiger partial charge in [0.05, 0.1) is 6.04 Å². The van der Waals surface area contributed by atoms with Gasteiger partial charge in [-0.25, -0.2) is 0 Å². The van der Waals surface area contributed by atoms with Crippen molar-refractivity contribution in [3.05, 3.63) is 17.5 Å². The maximum atomic E-state index is 11.6. The molecule has 0 aliphatic carbocycles. The van der Waals surface area contributed by atoms with Crippen LogP contribution in [0.1, 0.15) is 35.1 Å². The highest BCUT2D eigenvalue weighted by Crippen LogP contribution is 2.32. The molecule has 1 aromatic rings. The van der Waals surface area contributed by atoms with Crippen LogP contribution in [0.15, 0.2) is 10.6 Å². The predicted octanol–water partition coefficient (Wildman–Crippen LogP) is 0.936. The van der Waals surface area contributed by atoms with Crippen molar-refractivity contribution in [3.8, 4) is 0 Å². The zero-order valence-corrected chi connectivity index (χ0v) is 10.7. The molecule has 0 aromatic carbocycles. The molecule has 0 bridgehead atoms. The minimum Gasteiger partial charge on any atom is -0.358 e. The van der Waals surface area contributed by atoms with Gasteiger partial charge in [0.2, 0.25) is 5.91 Å². The molecule has 2 rings (SSSR count). The first-order valence-corrected chi connectivity index (χ1v) is 6.25. The molecular formula is C11H14ClN3O3. The summed E-state index contributed by atoms with van der Waals surface area (Å²) in [6.45, 7) is 0.659. The lowest BCUT2D eigenvalue weighted by Gasteiger charge is -2.21. The summed E-state index contributed by atoms with van der Waals surface area (Å²) < 4.78 is 5.15. The quantitative estimate of drug-likeness (QED) is 0.830. The summed E-state index contributed by atoms with van der Waals surface area (Å²) in [6.07, 6.45) is 1.69. The number of carbonyl (C=O) groups excluding carboxylic acids is 2. The summed E-state index contributed by atoms with van der Waals surface area (Å²) in [5.41, 5.74) is 0.220. The van der Waals surface area contributed by atoms with Crippen molar-refractivity contribution < 1.29 is 14.1 Å². The Morgan fingerprint density at radius 1 is 1.67 bits per heavy atom. The first-order valence-electron chi connectivity index (χ1n) is 5.71. The van der Waals surface area contributed by atoms with E-state index in [1.807, 2.05) is 0 Å². The van der Waals surface area contributed by atoms with Gasteiger partial charge in [0.1, 0.15) is 5.88 Å². The van der Waals surface area contributed by atoms with Gasteiger partial charge >= 0.3 is 0 Å². The lowest BCUT2D eigenvalue weighted by Crippen LogP contribution is -2.31. The Balaban J connectivity index is 2.18. The number of hydrogen-bond donors (Lipinski definition) is 1. The van der Waals surface area contributed by atoms with Crippen molar-refractivity contribution in [3.63, 3.8) is 0 Å². The number of nitrogens with zero attached hydrogens (tertiary/aromatic N) is 2. The zero-order chi connectivity index (χ0) is 13.1. The number of rotatable bonds is 3. The highest BCUT2D eigenvalue weighted by molar-refractivity contribution is 6.27. The van der Waals surface area contributed by atoms with Crippen LogP contribution in [0.5, 0.6) is 0 Å². The molecule has 2 amide bonds. The van der Waals surface area contributed by atoms with Crippen LogP contribution >= 0.6 is 11.6 Å². The van der Waals surface area contributed by atoms with Crippen LogP contribution in [0, 0.1) is 0 Å². The third kappa shape index (κ3) is 2.33. The molecule has 1 N–H and O–H groups in total. The fraction of sp³-hybridized carbons (Fsp3) is 0.545. The molecule has 98 valence electrons. The Bertz CT molecular complexity index is 460. The maximum Gasteiger partial charge on any atom is 0.273 e. The Kier molecular flexibility index (Phi) is 3.86. The van der Waals surface area contributed by atoms with Gasteiger partial charge in [0.15, 0.2) is 11.5 Å². The van der Waals surface area contributed by atoms with Gasteiger partial charge in [-0.15, -0.1) is 11.6 Å². The number of alkyl halides is 1. The van der Waals surface area contributed by atoms with E-state index in [2.05, 4.69) is 10.5 Å². The lowest BCUT2D eigenvalue weighted by molar-refractivity contribution is -0.129. The molecule has 0 radical (unpaired) electrons. The number of amides is 2. The second-order valence-electron chi connectivity index (χ2n) is 4.07.